The molecule has 2 N–H and O–H groups in total. The summed E-state index contributed by atoms with van der Waals surface area (Å²) < 4.78 is 0. The molecule has 2 aromatic heterocycles. The smallest absolute Gasteiger partial charge is 0.183 e. The van der Waals surface area contributed by atoms with Gasteiger partial charge in [-0.3, -0.25) is 5.10 Å². The first-order valence-corrected chi connectivity index (χ1v) is 4.86. The highest BCUT2D eigenvalue weighted by atomic mass is 32.1. The molecule has 0 spiro atoms. The normalized spacial score (nSPS) is 10.2. The summed E-state index contributed by atoms with van der Waals surface area (Å²) in [5, 5.41) is 12.8. The van der Waals surface area contributed by atoms with Gasteiger partial charge in [0.15, 0.2) is 5.13 Å². The van der Waals surface area contributed by atoms with E-state index in [1.54, 1.807) is 17.5 Å². The summed E-state index contributed by atoms with van der Waals surface area (Å²) in [5.74, 6) is 0. The molecule has 2 aromatic rings. The predicted molar refractivity (Wildman–Crippen MR) is 52.8 cm³/mol. The van der Waals surface area contributed by atoms with Gasteiger partial charge >= 0.3 is 0 Å². The van der Waals surface area contributed by atoms with Crippen LogP contribution in [0, 0.1) is 6.92 Å². The van der Waals surface area contributed by atoms with E-state index in [9.17, 15) is 0 Å². The number of rotatable bonds is 3. The molecule has 0 unspecified atom stereocenters. The number of nitrogens with one attached hydrogen (secondary N) is 2. The van der Waals surface area contributed by atoms with Crippen molar-refractivity contribution >= 4 is 16.5 Å². The van der Waals surface area contributed by atoms with Crippen molar-refractivity contribution in [1.29, 1.82) is 0 Å². The van der Waals surface area contributed by atoms with Crippen LogP contribution in [0.4, 0.5) is 5.13 Å². The van der Waals surface area contributed by atoms with Crippen LogP contribution in [0.3, 0.4) is 0 Å². The topological polar surface area (TPSA) is 53.6 Å². The van der Waals surface area contributed by atoms with Gasteiger partial charge in [-0.2, -0.15) is 5.10 Å². The summed E-state index contributed by atoms with van der Waals surface area (Å²) >= 11 is 1.62. The molecule has 2 heterocycles. The van der Waals surface area contributed by atoms with Crippen molar-refractivity contribution in [3.8, 4) is 0 Å². The third-order valence-electron chi connectivity index (χ3n) is 1.62. The first kappa shape index (κ1) is 8.25. The van der Waals surface area contributed by atoms with E-state index in [2.05, 4.69) is 20.5 Å². The van der Waals surface area contributed by atoms with E-state index in [4.69, 9.17) is 0 Å². The van der Waals surface area contributed by atoms with Gasteiger partial charge in [-0.25, -0.2) is 4.98 Å². The lowest BCUT2D eigenvalue weighted by molar-refractivity contribution is 1.09. The summed E-state index contributed by atoms with van der Waals surface area (Å²) in [6.07, 6.45) is 3.67. The van der Waals surface area contributed by atoms with Gasteiger partial charge in [-0.1, -0.05) is 0 Å². The monoisotopic (exact) mass is 194 g/mol. The highest BCUT2D eigenvalue weighted by molar-refractivity contribution is 7.13. The fourth-order valence-electron chi connectivity index (χ4n) is 0.987. The van der Waals surface area contributed by atoms with Crippen molar-refractivity contribution in [2.24, 2.45) is 0 Å². The number of anilines is 1. The molecule has 0 aliphatic carbocycles. The Balaban J connectivity index is 1.93. The Morgan fingerprint density at radius 2 is 2.54 bits per heavy atom. The molecular weight excluding hydrogens is 184 g/mol. The number of aromatic amines is 1. The molecule has 2 rings (SSSR count). The number of nitrogens with zero attached hydrogens (tertiary/aromatic N) is 2. The number of aryl methyl sites for hydroxylation is 1. The van der Waals surface area contributed by atoms with Gasteiger partial charge in [0, 0.05) is 23.7 Å². The van der Waals surface area contributed by atoms with E-state index in [0.29, 0.717) is 0 Å². The minimum absolute atomic E-state index is 0.767. The minimum atomic E-state index is 0.767. The number of hydrogen-bond acceptors (Lipinski definition) is 4. The molecule has 0 aliphatic rings. The molecule has 0 bridgehead atoms. The molecule has 0 aromatic carbocycles. The molecule has 0 aliphatic heterocycles. The third-order valence-corrected chi connectivity index (χ3v) is 2.54. The van der Waals surface area contributed by atoms with Crippen LogP contribution in [0.2, 0.25) is 0 Å². The Morgan fingerprint density at radius 1 is 1.62 bits per heavy atom. The molecule has 13 heavy (non-hydrogen) atoms. The molecule has 0 saturated heterocycles. The van der Waals surface area contributed by atoms with Crippen LogP contribution in [-0.4, -0.2) is 15.2 Å². The van der Waals surface area contributed by atoms with Gasteiger partial charge in [0.25, 0.3) is 0 Å². The molecule has 0 amide bonds. The lowest BCUT2D eigenvalue weighted by atomic mass is 10.4. The lowest BCUT2D eigenvalue weighted by Gasteiger charge is -1.97. The molecule has 0 saturated carbocycles. The molecule has 5 heteroatoms. The number of hydrogen-bond donors (Lipinski definition) is 2. The van der Waals surface area contributed by atoms with E-state index in [-0.39, 0.29) is 0 Å². The number of aromatic nitrogens is 3. The predicted octanol–water partition coefficient (Wildman–Crippen LogP) is 1.79. The van der Waals surface area contributed by atoms with Gasteiger partial charge < -0.3 is 5.32 Å². The van der Waals surface area contributed by atoms with Crippen molar-refractivity contribution in [2.45, 2.75) is 13.5 Å². The second kappa shape index (κ2) is 3.57. The molecular formula is C8H10N4S. The average molecular weight is 194 g/mol. The van der Waals surface area contributed by atoms with Crippen LogP contribution in [-0.2, 0) is 6.54 Å². The third kappa shape index (κ3) is 2.06. The van der Waals surface area contributed by atoms with Crippen LogP contribution in [0.25, 0.3) is 0 Å². The Morgan fingerprint density at radius 3 is 3.15 bits per heavy atom. The zero-order valence-electron chi connectivity index (χ0n) is 7.24. The first-order valence-electron chi connectivity index (χ1n) is 3.98. The van der Waals surface area contributed by atoms with Crippen LogP contribution >= 0.6 is 11.3 Å². The van der Waals surface area contributed by atoms with Gasteiger partial charge in [-0.05, 0) is 6.92 Å². The molecule has 68 valence electrons. The van der Waals surface area contributed by atoms with Crippen molar-refractivity contribution in [3.05, 3.63) is 29.0 Å². The highest BCUT2D eigenvalue weighted by Crippen LogP contribution is 2.14. The second-order valence-electron chi connectivity index (χ2n) is 2.75. The van der Waals surface area contributed by atoms with Gasteiger partial charge in [-0.15, -0.1) is 11.3 Å². The summed E-state index contributed by atoms with van der Waals surface area (Å²) in [6, 6.07) is 0. The summed E-state index contributed by atoms with van der Waals surface area (Å²) in [6.45, 7) is 2.75. The quantitative estimate of drug-likeness (QED) is 0.783. The minimum Gasteiger partial charge on any atom is -0.357 e. The molecule has 4 nitrogen and oxygen atoms in total. The van der Waals surface area contributed by atoms with Crippen molar-refractivity contribution < 1.29 is 0 Å². The second-order valence-corrected chi connectivity index (χ2v) is 3.61. The maximum atomic E-state index is 4.29. The Bertz CT molecular complexity index is 365. The highest BCUT2D eigenvalue weighted by Gasteiger charge is 1.97. The van der Waals surface area contributed by atoms with Crippen molar-refractivity contribution in [1.82, 2.24) is 15.2 Å². The van der Waals surface area contributed by atoms with Gasteiger partial charge in [0.05, 0.1) is 11.9 Å². The number of H-pyrrole nitrogens is 1. The number of thiazole rings is 1. The maximum Gasteiger partial charge on any atom is 0.183 e. The lowest BCUT2D eigenvalue weighted by Crippen LogP contribution is -1.97. The van der Waals surface area contributed by atoms with Gasteiger partial charge in [0.2, 0.25) is 0 Å². The van der Waals surface area contributed by atoms with Gasteiger partial charge in [0.1, 0.15) is 0 Å². The molecule has 0 radical (unpaired) electrons. The van der Waals surface area contributed by atoms with Crippen LogP contribution < -0.4 is 5.32 Å². The fraction of sp³-hybridized carbons (Fsp3) is 0.250. The zero-order chi connectivity index (χ0) is 9.10. The standard InChI is InChI=1S/C8H10N4S/c1-6-5-13-8(12-6)9-2-7-3-10-11-4-7/h3-5H,2H2,1H3,(H,9,12)(H,10,11). The van der Waals surface area contributed by atoms with E-state index in [1.807, 2.05) is 18.5 Å². The average Bonchev–Trinajstić information content (AvgIpc) is 2.71. The van der Waals surface area contributed by atoms with Crippen LogP contribution in [0.1, 0.15) is 11.3 Å². The molecule has 0 fully saturated rings. The zero-order valence-corrected chi connectivity index (χ0v) is 8.06. The summed E-state index contributed by atoms with van der Waals surface area (Å²) in [4.78, 5) is 4.29. The van der Waals surface area contributed by atoms with Crippen LogP contribution in [0.15, 0.2) is 17.8 Å². The maximum absolute atomic E-state index is 4.29. The van der Waals surface area contributed by atoms with E-state index >= 15 is 0 Å². The Hall–Kier alpha value is -1.36. The Kier molecular flexibility index (Phi) is 2.27. The van der Waals surface area contributed by atoms with Crippen molar-refractivity contribution in [3.63, 3.8) is 0 Å². The van der Waals surface area contributed by atoms with Crippen molar-refractivity contribution in [2.75, 3.05) is 5.32 Å². The largest absolute Gasteiger partial charge is 0.357 e. The SMILES string of the molecule is Cc1csc(NCc2cn[nH]c2)n1. The van der Waals surface area contributed by atoms with E-state index in [1.165, 1.54) is 0 Å². The fourth-order valence-corrected chi connectivity index (χ4v) is 1.67. The van der Waals surface area contributed by atoms with E-state index in [0.717, 1.165) is 22.9 Å². The molecule has 0 atom stereocenters. The summed E-state index contributed by atoms with van der Waals surface area (Å²) in [7, 11) is 0. The first-order chi connectivity index (χ1) is 6.34. The van der Waals surface area contributed by atoms with Crippen LogP contribution in [0.5, 0.6) is 0 Å². The Labute approximate surface area is 80.0 Å². The van der Waals surface area contributed by atoms with E-state index < -0.39 is 0 Å². The summed E-state index contributed by atoms with van der Waals surface area (Å²) in [5.41, 5.74) is 2.19.